The Morgan fingerprint density at radius 2 is 2.18 bits per heavy atom. The smallest absolute Gasteiger partial charge is 0.256 e. The first kappa shape index (κ1) is 15.1. The van der Waals surface area contributed by atoms with Crippen LogP contribution < -0.4 is 5.56 Å². The quantitative estimate of drug-likeness (QED) is 0.914. The van der Waals surface area contributed by atoms with Gasteiger partial charge in [-0.1, -0.05) is 25.0 Å². The number of fused-ring (bicyclic) bond motifs is 1. The van der Waals surface area contributed by atoms with Crippen LogP contribution in [-0.4, -0.2) is 27.6 Å². The fourth-order valence-electron chi connectivity index (χ4n) is 3.51. The third-order valence-electron chi connectivity index (χ3n) is 4.82. The lowest BCUT2D eigenvalue weighted by molar-refractivity contribution is 0.134. The Kier molecular flexibility index (Phi) is 4.21. The highest BCUT2D eigenvalue weighted by atomic mass is 16.3. The summed E-state index contributed by atoms with van der Waals surface area (Å²) in [5.74, 6) is 0.142. The molecule has 0 amide bonds. The monoisotopic (exact) mass is 300 g/mol. The van der Waals surface area contributed by atoms with E-state index in [4.69, 9.17) is 0 Å². The van der Waals surface area contributed by atoms with Gasteiger partial charge >= 0.3 is 0 Å². The maximum atomic E-state index is 12.4. The number of aromatic amines is 1. The second kappa shape index (κ2) is 6.13. The van der Waals surface area contributed by atoms with Gasteiger partial charge in [-0.15, -0.1) is 0 Å². The Hall–Kier alpha value is -1.81. The van der Waals surface area contributed by atoms with E-state index in [-0.39, 0.29) is 11.3 Å². The summed E-state index contributed by atoms with van der Waals surface area (Å²) in [5.41, 5.74) is 2.10. The summed E-state index contributed by atoms with van der Waals surface area (Å²) in [6, 6.07) is 6.23. The van der Waals surface area contributed by atoms with Gasteiger partial charge in [0, 0.05) is 18.0 Å². The summed E-state index contributed by atoms with van der Waals surface area (Å²) in [6.07, 6.45) is 4.70. The number of benzene rings is 1. The summed E-state index contributed by atoms with van der Waals surface area (Å²) in [7, 11) is 0. The highest BCUT2D eigenvalue weighted by Crippen LogP contribution is 2.28. The van der Waals surface area contributed by atoms with Crippen molar-refractivity contribution in [2.75, 3.05) is 6.54 Å². The van der Waals surface area contributed by atoms with E-state index >= 15 is 0 Å². The van der Waals surface area contributed by atoms with Crippen molar-refractivity contribution < 1.29 is 5.11 Å². The van der Waals surface area contributed by atoms with E-state index in [2.05, 4.69) is 16.8 Å². The molecule has 0 radical (unpaired) electrons. The molecule has 1 unspecified atom stereocenters. The van der Waals surface area contributed by atoms with Crippen molar-refractivity contribution in [1.82, 2.24) is 9.88 Å². The molecule has 0 bridgehead atoms. The van der Waals surface area contributed by atoms with Crippen molar-refractivity contribution >= 4 is 10.9 Å². The molecule has 0 saturated carbocycles. The SMILES string of the molecule is CCC1CCCCN1Cc1c(O)c2cc(C)ccc2[nH]c1=O. The fourth-order valence-corrected chi connectivity index (χ4v) is 3.51. The van der Waals surface area contributed by atoms with E-state index < -0.39 is 0 Å². The molecule has 22 heavy (non-hydrogen) atoms. The van der Waals surface area contributed by atoms with E-state index in [9.17, 15) is 9.90 Å². The largest absolute Gasteiger partial charge is 0.507 e. The van der Waals surface area contributed by atoms with Gasteiger partial charge in [0.1, 0.15) is 5.75 Å². The van der Waals surface area contributed by atoms with Gasteiger partial charge in [-0.25, -0.2) is 0 Å². The maximum Gasteiger partial charge on any atom is 0.256 e. The Morgan fingerprint density at radius 3 is 2.95 bits per heavy atom. The summed E-state index contributed by atoms with van der Waals surface area (Å²) < 4.78 is 0. The van der Waals surface area contributed by atoms with Crippen LogP contribution in [0.25, 0.3) is 10.9 Å². The van der Waals surface area contributed by atoms with Crippen LogP contribution >= 0.6 is 0 Å². The van der Waals surface area contributed by atoms with Crippen molar-refractivity contribution in [3.8, 4) is 5.75 Å². The van der Waals surface area contributed by atoms with Crippen LogP contribution in [-0.2, 0) is 6.54 Å². The van der Waals surface area contributed by atoms with Crippen molar-refractivity contribution in [1.29, 1.82) is 0 Å². The number of hydrogen-bond acceptors (Lipinski definition) is 3. The van der Waals surface area contributed by atoms with Crippen LogP contribution in [0.1, 0.15) is 43.7 Å². The predicted molar refractivity (Wildman–Crippen MR) is 89.3 cm³/mol. The molecule has 2 heterocycles. The van der Waals surface area contributed by atoms with E-state index in [0.717, 1.165) is 23.9 Å². The minimum Gasteiger partial charge on any atom is -0.507 e. The van der Waals surface area contributed by atoms with Crippen LogP contribution in [0.15, 0.2) is 23.0 Å². The van der Waals surface area contributed by atoms with Crippen molar-refractivity contribution in [2.24, 2.45) is 0 Å². The second-order valence-corrected chi connectivity index (χ2v) is 6.36. The lowest BCUT2D eigenvalue weighted by Gasteiger charge is -2.35. The number of H-pyrrole nitrogens is 1. The average molecular weight is 300 g/mol. The van der Waals surface area contributed by atoms with Gasteiger partial charge < -0.3 is 10.1 Å². The molecule has 3 rings (SSSR count). The number of pyridine rings is 1. The minimum absolute atomic E-state index is 0.142. The van der Waals surface area contributed by atoms with Crippen molar-refractivity contribution in [3.05, 3.63) is 39.7 Å². The number of aromatic hydroxyl groups is 1. The Balaban J connectivity index is 2.01. The maximum absolute atomic E-state index is 12.4. The van der Waals surface area contributed by atoms with Gasteiger partial charge in [-0.3, -0.25) is 9.69 Å². The van der Waals surface area contributed by atoms with Gasteiger partial charge in [-0.2, -0.15) is 0 Å². The summed E-state index contributed by atoms with van der Waals surface area (Å²) in [5, 5.41) is 11.3. The first-order valence-corrected chi connectivity index (χ1v) is 8.18. The minimum atomic E-state index is -0.172. The summed E-state index contributed by atoms with van der Waals surface area (Å²) >= 11 is 0. The molecule has 2 N–H and O–H groups in total. The number of piperidine rings is 1. The molecule has 1 aromatic carbocycles. The molecular weight excluding hydrogens is 276 g/mol. The van der Waals surface area contributed by atoms with Gasteiger partial charge in [0.2, 0.25) is 0 Å². The van der Waals surface area contributed by atoms with Gasteiger partial charge in [0.25, 0.3) is 5.56 Å². The summed E-state index contributed by atoms with van der Waals surface area (Å²) in [6.45, 7) is 5.71. The molecule has 1 fully saturated rings. The zero-order valence-electron chi connectivity index (χ0n) is 13.4. The first-order chi connectivity index (χ1) is 10.6. The molecule has 1 saturated heterocycles. The molecular formula is C18H24N2O2. The lowest BCUT2D eigenvalue weighted by atomic mass is 9.99. The predicted octanol–water partition coefficient (Wildman–Crippen LogP) is 3.31. The van der Waals surface area contributed by atoms with E-state index in [1.165, 1.54) is 19.3 Å². The molecule has 0 spiro atoms. The average Bonchev–Trinajstić information content (AvgIpc) is 2.52. The van der Waals surface area contributed by atoms with Crippen LogP contribution in [0.4, 0.5) is 0 Å². The lowest BCUT2D eigenvalue weighted by Crippen LogP contribution is -2.39. The van der Waals surface area contributed by atoms with Crippen LogP contribution in [0.2, 0.25) is 0 Å². The fraction of sp³-hybridized carbons (Fsp3) is 0.500. The normalized spacial score (nSPS) is 19.6. The first-order valence-electron chi connectivity index (χ1n) is 8.18. The van der Waals surface area contributed by atoms with Gasteiger partial charge in [0.05, 0.1) is 11.1 Å². The molecule has 4 nitrogen and oxygen atoms in total. The Morgan fingerprint density at radius 1 is 1.36 bits per heavy atom. The van der Waals surface area contributed by atoms with Gasteiger partial charge in [-0.05, 0) is 44.9 Å². The second-order valence-electron chi connectivity index (χ2n) is 6.36. The van der Waals surface area contributed by atoms with Gasteiger partial charge in [0.15, 0.2) is 0 Å². The zero-order chi connectivity index (χ0) is 15.7. The highest BCUT2D eigenvalue weighted by Gasteiger charge is 2.23. The molecule has 1 aromatic heterocycles. The zero-order valence-corrected chi connectivity index (χ0v) is 13.4. The third-order valence-corrected chi connectivity index (χ3v) is 4.82. The van der Waals surface area contributed by atoms with Crippen LogP contribution in [0.3, 0.4) is 0 Å². The number of rotatable bonds is 3. The number of likely N-dealkylation sites (tertiary alicyclic amines) is 1. The van der Waals surface area contributed by atoms with E-state index in [1.54, 1.807) is 0 Å². The number of aromatic nitrogens is 1. The molecule has 1 atom stereocenters. The van der Waals surface area contributed by atoms with Crippen molar-refractivity contribution in [2.45, 2.75) is 52.1 Å². The standard InChI is InChI=1S/C18H24N2O2/c1-3-13-6-4-5-9-20(13)11-15-17(21)14-10-12(2)7-8-16(14)19-18(15)22/h7-8,10,13H,3-6,9,11H2,1-2H3,(H2,19,21,22). The molecule has 0 aliphatic carbocycles. The van der Waals surface area contributed by atoms with E-state index in [1.807, 2.05) is 25.1 Å². The molecule has 1 aliphatic rings. The number of aryl methyl sites for hydroxylation is 1. The topological polar surface area (TPSA) is 56.3 Å². The molecule has 2 aromatic rings. The van der Waals surface area contributed by atoms with Crippen molar-refractivity contribution in [3.63, 3.8) is 0 Å². The van der Waals surface area contributed by atoms with Crippen LogP contribution in [0, 0.1) is 6.92 Å². The van der Waals surface area contributed by atoms with Crippen LogP contribution in [0.5, 0.6) is 5.75 Å². The summed E-state index contributed by atoms with van der Waals surface area (Å²) in [4.78, 5) is 17.6. The van der Waals surface area contributed by atoms with E-state index in [0.29, 0.717) is 23.7 Å². The number of nitrogens with zero attached hydrogens (tertiary/aromatic N) is 1. The third kappa shape index (κ3) is 2.75. The Labute approximate surface area is 130 Å². The molecule has 1 aliphatic heterocycles. The molecule has 118 valence electrons. The molecule has 4 heteroatoms. The Bertz CT molecular complexity index is 736. The number of hydrogen-bond donors (Lipinski definition) is 2. The number of nitrogens with one attached hydrogen (secondary N) is 1. The highest BCUT2D eigenvalue weighted by molar-refractivity contribution is 5.86.